The zero-order chi connectivity index (χ0) is 29.3. The van der Waals surface area contributed by atoms with E-state index in [2.05, 4.69) is 9.84 Å². The molecule has 5 nitrogen and oxygen atoms in total. The first-order valence-corrected chi connectivity index (χ1v) is 11.0. The van der Waals surface area contributed by atoms with Crippen molar-refractivity contribution in [2.45, 2.75) is 45.6 Å². The average molecular weight is 560 g/mol. The highest BCUT2D eigenvalue weighted by Gasteiger charge is 2.44. The van der Waals surface area contributed by atoms with E-state index < -0.39 is 77.9 Å². The van der Waals surface area contributed by atoms with Crippen LogP contribution in [0.4, 0.5) is 45.2 Å². The van der Waals surface area contributed by atoms with Crippen molar-refractivity contribution in [3.63, 3.8) is 0 Å². The van der Waals surface area contributed by atoms with Gasteiger partial charge in [-0.15, -0.1) is 0 Å². The second-order valence-electron chi connectivity index (χ2n) is 7.12. The number of alkyl halides is 6. The van der Waals surface area contributed by atoms with Crippen LogP contribution in [0, 0.1) is 23.4 Å². The highest BCUT2D eigenvalue weighted by Crippen LogP contribution is 2.42. The Balaban J connectivity index is 0.00000172. The van der Waals surface area contributed by atoms with Crippen molar-refractivity contribution in [1.29, 1.82) is 0 Å². The number of hydrogen-bond acceptors (Lipinski definition) is 4. The number of benzene rings is 2. The number of aliphatic hydroxyl groups is 1. The summed E-state index contributed by atoms with van der Waals surface area (Å²) in [5.74, 6) is -10.1. The van der Waals surface area contributed by atoms with Gasteiger partial charge < -0.3 is 9.84 Å². The minimum Gasteiger partial charge on any atom is -0.400 e. The molecule has 1 amide bonds. The van der Waals surface area contributed by atoms with Crippen LogP contribution < -0.4 is 5.01 Å². The summed E-state index contributed by atoms with van der Waals surface area (Å²) in [5, 5.41) is 10.6. The van der Waals surface area contributed by atoms with Crippen LogP contribution >= 0.6 is 0 Å². The zero-order valence-electron chi connectivity index (χ0n) is 20.5. The molecule has 2 aromatic carbocycles. The smallest absolute Gasteiger partial charge is 0.269 e. The summed E-state index contributed by atoms with van der Waals surface area (Å²) in [4.78, 5) is 13.0. The molecule has 0 bridgehead atoms. The van der Waals surface area contributed by atoms with Gasteiger partial charge in [-0.1, -0.05) is 44.2 Å². The second-order valence-corrected chi connectivity index (χ2v) is 7.12. The average Bonchev–Trinajstić information content (AvgIpc) is 3.20. The van der Waals surface area contributed by atoms with Gasteiger partial charge in [-0.25, -0.2) is 39.5 Å². The third-order valence-corrected chi connectivity index (χ3v) is 5.18. The third-order valence-electron chi connectivity index (χ3n) is 5.18. The lowest BCUT2D eigenvalue weighted by Crippen LogP contribution is -2.34. The molecule has 1 aliphatic heterocycles. The van der Waals surface area contributed by atoms with Gasteiger partial charge in [0.25, 0.3) is 25.2 Å². The number of nitrogens with zero attached hydrogens (tertiary/aromatic N) is 2. The van der Waals surface area contributed by atoms with E-state index in [1.165, 1.54) is 24.3 Å². The molecule has 212 valence electrons. The van der Waals surface area contributed by atoms with E-state index in [1.54, 1.807) is 6.07 Å². The Morgan fingerprint density at radius 3 is 1.76 bits per heavy atom. The Labute approximate surface area is 212 Å². The van der Waals surface area contributed by atoms with Gasteiger partial charge in [0.05, 0.1) is 22.8 Å². The number of methoxy groups -OCH3 is 1. The Morgan fingerprint density at radius 1 is 0.895 bits per heavy atom. The fraction of sp³-hybridized carbons (Fsp3) is 0.417. The molecule has 0 saturated heterocycles. The predicted octanol–water partition coefficient (Wildman–Crippen LogP) is 6.65. The number of halogens is 9. The zero-order valence-corrected chi connectivity index (χ0v) is 20.5. The van der Waals surface area contributed by atoms with Crippen LogP contribution in [-0.4, -0.2) is 43.5 Å². The first kappa shape index (κ1) is 32.9. The number of rotatable bonds is 8. The quantitative estimate of drug-likeness (QED) is 0.368. The number of carbonyl (C=O) groups is 1. The van der Waals surface area contributed by atoms with Gasteiger partial charge in [-0.2, -0.15) is 10.1 Å². The van der Waals surface area contributed by atoms with E-state index in [0.717, 1.165) is 14.2 Å². The Bertz CT molecular complexity index is 1060. The van der Waals surface area contributed by atoms with Crippen molar-refractivity contribution in [3.05, 3.63) is 64.5 Å². The van der Waals surface area contributed by atoms with E-state index >= 15 is 0 Å². The van der Waals surface area contributed by atoms with Crippen molar-refractivity contribution in [3.8, 4) is 0 Å². The largest absolute Gasteiger partial charge is 0.400 e. The molecule has 0 spiro atoms. The van der Waals surface area contributed by atoms with E-state index in [1.807, 2.05) is 13.8 Å². The lowest BCUT2D eigenvalue weighted by Gasteiger charge is -2.21. The van der Waals surface area contributed by atoms with Crippen LogP contribution in [0.2, 0.25) is 0 Å². The van der Waals surface area contributed by atoms with Gasteiger partial charge in [0.1, 0.15) is 17.6 Å². The number of hydrogen-bond donors (Lipinski definition) is 1. The Kier molecular flexibility index (Phi) is 12.7. The Hall–Kier alpha value is -3.13. The van der Waals surface area contributed by atoms with E-state index in [4.69, 9.17) is 5.11 Å². The van der Waals surface area contributed by atoms with Crippen LogP contribution in [-0.2, 0) is 9.53 Å². The summed E-state index contributed by atoms with van der Waals surface area (Å²) < 4.78 is 128. The second kappa shape index (κ2) is 14.7. The molecule has 3 rings (SSSR count). The molecule has 1 aliphatic rings. The van der Waals surface area contributed by atoms with Gasteiger partial charge >= 0.3 is 0 Å². The molecule has 2 unspecified atom stereocenters. The fourth-order valence-electron chi connectivity index (χ4n) is 3.52. The van der Waals surface area contributed by atoms with Gasteiger partial charge in [0, 0.05) is 14.2 Å². The monoisotopic (exact) mass is 560 g/mol. The van der Waals surface area contributed by atoms with Crippen LogP contribution in [0.5, 0.6) is 0 Å². The predicted molar refractivity (Wildman–Crippen MR) is 121 cm³/mol. The first-order valence-electron chi connectivity index (χ1n) is 11.0. The summed E-state index contributed by atoms with van der Waals surface area (Å²) in [5.41, 5.74) is -6.28. The maximum Gasteiger partial charge on any atom is 0.269 e. The van der Waals surface area contributed by atoms with Gasteiger partial charge in [-0.05, 0) is 12.0 Å². The number of amides is 1. The van der Waals surface area contributed by atoms with Crippen molar-refractivity contribution in [2.75, 3.05) is 19.2 Å². The van der Waals surface area contributed by atoms with Crippen molar-refractivity contribution < 1.29 is 54.2 Å². The SMILES string of the molecule is CC.CO.COC(CC1C(=O)N(c2c(F)c(C(F)F)c(F)c(C(F)F)c2F)N=C1c1ccccc1)C(F)F. The maximum absolute atomic E-state index is 14.8. The lowest BCUT2D eigenvalue weighted by molar-refractivity contribution is -0.121. The molecule has 0 radical (unpaired) electrons. The van der Waals surface area contributed by atoms with E-state index in [-0.39, 0.29) is 16.3 Å². The van der Waals surface area contributed by atoms with Crippen molar-refractivity contribution in [1.82, 2.24) is 0 Å². The van der Waals surface area contributed by atoms with Crippen LogP contribution in [0.15, 0.2) is 35.4 Å². The first-order chi connectivity index (χ1) is 18.0. The van der Waals surface area contributed by atoms with Crippen molar-refractivity contribution >= 4 is 17.3 Å². The minimum atomic E-state index is -3.99. The van der Waals surface area contributed by atoms with Crippen LogP contribution in [0.1, 0.15) is 49.8 Å². The molecule has 2 atom stereocenters. The number of aliphatic hydroxyl groups excluding tert-OH is 1. The Morgan fingerprint density at radius 2 is 1.37 bits per heavy atom. The van der Waals surface area contributed by atoms with Gasteiger partial charge in [0.15, 0.2) is 11.6 Å². The summed E-state index contributed by atoms with van der Waals surface area (Å²) in [6, 6.07) is 7.23. The minimum absolute atomic E-state index is 0.118. The molecule has 14 heteroatoms. The number of hydrazone groups is 1. The highest BCUT2D eigenvalue weighted by atomic mass is 19.3. The summed E-state index contributed by atoms with van der Waals surface area (Å²) in [6.45, 7) is 4.00. The fourth-order valence-corrected chi connectivity index (χ4v) is 3.52. The number of carbonyl (C=O) groups excluding carboxylic acids is 1. The molecular formula is C24H25F9N2O3. The lowest BCUT2D eigenvalue weighted by atomic mass is 9.91. The molecule has 0 fully saturated rings. The summed E-state index contributed by atoms with van der Waals surface area (Å²) in [7, 11) is 1.93. The molecule has 2 aromatic rings. The van der Waals surface area contributed by atoms with Crippen molar-refractivity contribution in [2.24, 2.45) is 11.0 Å². The van der Waals surface area contributed by atoms with E-state index in [9.17, 15) is 44.3 Å². The molecule has 0 saturated carbocycles. The highest BCUT2D eigenvalue weighted by molar-refractivity contribution is 6.21. The van der Waals surface area contributed by atoms with E-state index in [0.29, 0.717) is 0 Å². The molecule has 0 aliphatic carbocycles. The topological polar surface area (TPSA) is 62.1 Å². The number of anilines is 1. The molecule has 38 heavy (non-hydrogen) atoms. The standard InChI is InChI=1S/C21H15F9N2O2.C2H6.CH4O/c1-34-10(18(25)26)7-9-16(8-5-3-2-4-6-8)31-32(21(9)33)17-14(23)11(19(27)28)13(22)12(15(17)24)20(29)30;2*1-2/h2-6,9-10,18-20H,7H2,1H3;1-2H3;2H,1H3. The van der Waals surface area contributed by atoms with Gasteiger partial charge in [0.2, 0.25) is 0 Å². The third kappa shape index (κ3) is 6.65. The molecular weight excluding hydrogens is 535 g/mol. The number of ether oxygens (including phenoxy) is 1. The van der Waals surface area contributed by atoms with Crippen LogP contribution in [0.3, 0.4) is 0 Å². The van der Waals surface area contributed by atoms with Gasteiger partial charge in [-0.3, -0.25) is 4.79 Å². The maximum atomic E-state index is 14.8. The molecule has 1 N–H and O–H groups in total. The normalized spacial score (nSPS) is 15.8. The van der Waals surface area contributed by atoms with Crippen LogP contribution in [0.25, 0.3) is 0 Å². The molecule has 0 aromatic heterocycles. The summed E-state index contributed by atoms with van der Waals surface area (Å²) in [6.07, 6.45) is -13.6. The summed E-state index contributed by atoms with van der Waals surface area (Å²) >= 11 is 0. The molecule has 1 heterocycles.